The molecular formula is C23H27F3N4O5Si. The summed E-state index contributed by atoms with van der Waals surface area (Å²) in [6, 6.07) is 6.15. The molecule has 0 saturated carbocycles. The summed E-state index contributed by atoms with van der Waals surface area (Å²) >= 11 is 0. The van der Waals surface area contributed by atoms with Crippen molar-refractivity contribution >= 4 is 32.0 Å². The molecule has 1 aromatic rings. The van der Waals surface area contributed by atoms with Crippen LogP contribution in [0.15, 0.2) is 46.3 Å². The van der Waals surface area contributed by atoms with Crippen LogP contribution < -0.4 is 5.32 Å². The number of allylic oxidation sites excluding steroid dienone is 2. The van der Waals surface area contributed by atoms with Crippen molar-refractivity contribution in [2.24, 2.45) is 5.10 Å². The molecule has 1 atom stereocenters. The molecule has 36 heavy (non-hydrogen) atoms. The van der Waals surface area contributed by atoms with Gasteiger partial charge < -0.3 is 10.1 Å². The van der Waals surface area contributed by atoms with Crippen LogP contribution in [0.5, 0.6) is 0 Å². The molecule has 3 rings (SSSR count). The maximum atomic E-state index is 13.9. The molecule has 1 N–H and O–H groups in total. The van der Waals surface area contributed by atoms with E-state index in [9.17, 15) is 27.6 Å². The number of fused-ring (bicyclic) bond motifs is 1. The average molecular weight is 525 g/mol. The van der Waals surface area contributed by atoms with Crippen LogP contribution in [0.1, 0.15) is 27.6 Å². The summed E-state index contributed by atoms with van der Waals surface area (Å²) in [7, 11) is -1.41. The summed E-state index contributed by atoms with van der Waals surface area (Å²) in [6.45, 7) is 7.56. The largest absolute Gasteiger partial charge is 0.421 e. The molecule has 0 unspecified atom stereocenters. The number of hydrogen-bond acceptors (Lipinski definition) is 8. The number of carbonyl (C=O) groups excluding carboxylic acids is 3. The number of carbonyl (C=O) groups is 2. The summed E-state index contributed by atoms with van der Waals surface area (Å²) in [6.07, 6.45) is -3.97. The fourth-order valence-corrected chi connectivity index (χ4v) is 4.17. The molecule has 0 saturated heterocycles. The number of hydroxylamine groups is 2. The van der Waals surface area contributed by atoms with Gasteiger partial charge in [-0.1, -0.05) is 31.8 Å². The minimum absolute atomic E-state index is 0.178. The van der Waals surface area contributed by atoms with Crippen molar-refractivity contribution in [2.75, 3.05) is 19.9 Å². The summed E-state index contributed by atoms with van der Waals surface area (Å²) < 4.78 is 47.2. The SMILES string of the molecule is C[C@@H](CON1C(=O)c2ccccc2C1=O)NC1=C(C(F)(F)F)C(=C=O)N(COCC[Si](C)(C)C)N=C1. The fourth-order valence-electron chi connectivity index (χ4n) is 3.41. The molecule has 2 aliphatic rings. The van der Waals surface area contributed by atoms with E-state index < -0.39 is 49.1 Å². The lowest BCUT2D eigenvalue weighted by atomic mass is 10.1. The first-order chi connectivity index (χ1) is 16.8. The molecule has 0 spiro atoms. The van der Waals surface area contributed by atoms with Gasteiger partial charge in [0.15, 0.2) is 11.6 Å². The maximum Gasteiger partial charge on any atom is 0.421 e. The van der Waals surface area contributed by atoms with Crippen molar-refractivity contribution in [1.29, 1.82) is 0 Å². The van der Waals surface area contributed by atoms with Crippen molar-refractivity contribution < 1.29 is 37.1 Å². The molecule has 0 fully saturated rings. The normalized spacial score (nSPS) is 17.0. The number of hydrogen-bond donors (Lipinski definition) is 1. The number of imide groups is 1. The topological polar surface area (TPSA) is 101 Å². The monoisotopic (exact) mass is 524 g/mol. The Morgan fingerprint density at radius 1 is 1.14 bits per heavy atom. The van der Waals surface area contributed by atoms with E-state index in [-0.39, 0.29) is 24.5 Å². The first-order valence-electron chi connectivity index (χ1n) is 11.2. The van der Waals surface area contributed by atoms with Crippen molar-refractivity contribution in [3.63, 3.8) is 0 Å². The Balaban J connectivity index is 1.67. The van der Waals surface area contributed by atoms with Gasteiger partial charge in [-0.05, 0) is 25.1 Å². The second kappa shape index (κ2) is 10.8. The molecule has 0 aliphatic carbocycles. The van der Waals surface area contributed by atoms with E-state index in [1.165, 1.54) is 25.0 Å². The Bertz CT molecular complexity index is 1100. The number of benzene rings is 1. The van der Waals surface area contributed by atoms with Gasteiger partial charge in [0.25, 0.3) is 11.8 Å². The third-order valence-corrected chi connectivity index (χ3v) is 7.00. The number of amides is 2. The highest BCUT2D eigenvalue weighted by molar-refractivity contribution is 6.76. The van der Waals surface area contributed by atoms with E-state index in [0.717, 1.165) is 17.3 Å². The highest BCUT2D eigenvalue weighted by Gasteiger charge is 2.43. The van der Waals surface area contributed by atoms with Gasteiger partial charge in [0, 0.05) is 20.7 Å². The summed E-state index contributed by atoms with van der Waals surface area (Å²) in [5.41, 5.74) is -2.18. The summed E-state index contributed by atoms with van der Waals surface area (Å²) in [5, 5.41) is 7.90. The van der Waals surface area contributed by atoms with Gasteiger partial charge in [0.1, 0.15) is 12.3 Å². The number of alkyl halides is 3. The smallest absolute Gasteiger partial charge is 0.378 e. The molecule has 2 heterocycles. The van der Waals surface area contributed by atoms with E-state index in [0.29, 0.717) is 11.7 Å². The number of rotatable bonds is 10. The van der Waals surface area contributed by atoms with Gasteiger partial charge >= 0.3 is 6.18 Å². The molecule has 0 bridgehead atoms. The third kappa shape index (κ3) is 6.29. The number of hydrazone groups is 1. The lowest BCUT2D eigenvalue weighted by Gasteiger charge is -2.29. The first-order valence-corrected chi connectivity index (χ1v) is 14.9. The predicted molar refractivity (Wildman–Crippen MR) is 127 cm³/mol. The van der Waals surface area contributed by atoms with Crippen molar-refractivity contribution in [3.8, 4) is 0 Å². The quantitative estimate of drug-likeness (QED) is 0.217. The van der Waals surface area contributed by atoms with Crippen LogP contribution in [-0.4, -0.2) is 74.3 Å². The molecular weight excluding hydrogens is 497 g/mol. The third-order valence-electron chi connectivity index (χ3n) is 5.29. The predicted octanol–water partition coefficient (Wildman–Crippen LogP) is 3.34. The van der Waals surface area contributed by atoms with E-state index in [1.807, 2.05) is 0 Å². The lowest BCUT2D eigenvalue weighted by molar-refractivity contribution is -0.0973. The van der Waals surface area contributed by atoms with Gasteiger partial charge in [-0.15, -0.1) is 5.06 Å². The Morgan fingerprint density at radius 3 is 2.28 bits per heavy atom. The Labute approximate surface area is 207 Å². The molecule has 194 valence electrons. The number of halogens is 3. The zero-order valence-corrected chi connectivity index (χ0v) is 21.3. The number of ether oxygens (including phenoxy) is 1. The molecule has 0 aromatic heterocycles. The van der Waals surface area contributed by atoms with E-state index >= 15 is 0 Å². The van der Waals surface area contributed by atoms with Gasteiger partial charge in [-0.25, -0.2) is 9.80 Å². The lowest BCUT2D eigenvalue weighted by Crippen LogP contribution is -2.41. The van der Waals surface area contributed by atoms with Gasteiger partial charge in [0.2, 0.25) is 0 Å². The van der Waals surface area contributed by atoms with E-state index in [2.05, 4.69) is 30.1 Å². The van der Waals surface area contributed by atoms with Gasteiger partial charge in [-0.3, -0.25) is 14.4 Å². The minimum Gasteiger partial charge on any atom is -0.378 e. The van der Waals surface area contributed by atoms with Crippen LogP contribution in [0.4, 0.5) is 13.2 Å². The van der Waals surface area contributed by atoms with Crippen LogP contribution >= 0.6 is 0 Å². The standard InChI is InChI=1S/C23H27F3N4O5Si/c1-15(13-35-30-21(32)16-7-5-6-8-17(16)22(30)33)28-18-11-27-29(14-34-9-10-36(2,3)4)19(12-31)20(18)23(24,25)26/h5-8,11,15,28H,9-10,13-14H2,1-4H3/t15-/m0/s1. The van der Waals surface area contributed by atoms with Gasteiger partial charge in [0.05, 0.1) is 29.6 Å². The molecule has 13 heteroatoms. The van der Waals surface area contributed by atoms with Crippen LogP contribution in [0.3, 0.4) is 0 Å². The molecule has 2 aliphatic heterocycles. The van der Waals surface area contributed by atoms with Crippen LogP contribution in [0.2, 0.25) is 25.7 Å². The number of nitrogens with one attached hydrogen (secondary N) is 1. The van der Waals surface area contributed by atoms with Gasteiger partial charge in [-0.2, -0.15) is 18.3 Å². The fraction of sp³-hybridized carbons (Fsp3) is 0.435. The van der Waals surface area contributed by atoms with E-state index in [1.54, 1.807) is 12.1 Å². The van der Waals surface area contributed by atoms with Crippen molar-refractivity contribution in [1.82, 2.24) is 15.4 Å². The summed E-state index contributed by atoms with van der Waals surface area (Å²) in [4.78, 5) is 41.6. The van der Waals surface area contributed by atoms with Crippen LogP contribution in [0.25, 0.3) is 0 Å². The molecule has 1 aromatic carbocycles. The van der Waals surface area contributed by atoms with Crippen molar-refractivity contribution in [2.45, 2.75) is 44.8 Å². The zero-order valence-electron chi connectivity index (χ0n) is 20.3. The molecule has 2 amide bonds. The Morgan fingerprint density at radius 2 is 1.75 bits per heavy atom. The Kier molecular flexibility index (Phi) is 8.19. The molecule has 0 radical (unpaired) electrons. The first kappa shape index (κ1) is 27.3. The highest BCUT2D eigenvalue weighted by Crippen LogP contribution is 2.35. The van der Waals surface area contributed by atoms with Crippen LogP contribution in [-0.2, 0) is 14.4 Å². The minimum atomic E-state index is -4.90. The van der Waals surface area contributed by atoms with Crippen molar-refractivity contribution in [3.05, 3.63) is 52.4 Å². The zero-order chi connectivity index (χ0) is 26.7. The van der Waals surface area contributed by atoms with E-state index in [4.69, 9.17) is 9.57 Å². The second-order valence-corrected chi connectivity index (χ2v) is 15.1. The maximum absolute atomic E-state index is 13.9. The number of nitrogens with zero attached hydrogens (tertiary/aromatic N) is 3. The van der Waals surface area contributed by atoms with Crippen LogP contribution in [0, 0.1) is 0 Å². The summed E-state index contributed by atoms with van der Waals surface area (Å²) in [5.74, 6) is 0.0121. The Hall–Kier alpha value is -3.25. The second-order valence-electron chi connectivity index (χ2n) is 9.52. The highest BCUT2D eigenvalue weighted by atomic mass is 28.3. The molecule has 9 nitrogen and oxygen atoms in total. The average Bonchev–Trinajstić information content (AvgIpc) is 3.04.